The number of morpholine rings is 1. The van der Waals surface area contributed by atoms with Gasteiger partial charge in [0.2, 0.25) is 10.0 Å². The molecule has 4 nitrogen and oxygen atoms in total. The van der Waals surface area contributed by atoms with Gasteiger partial charge in [0, 0.05) is 13.1 Å². The molecule has 0 aromatic carbocycles. The van der Waals surface area contributed by atoms with E-state index in [1.54, 1.807) is 0 Å². The Morgan fingerprint density at radius 1 is 1.58 bits per heavy atom. The molecule has 12 heavy (non-hydrogen) atoms. The van der Waals surface area contributed by atoms with Crippen molar-refractivity contribution in [3.63, 3.8) is 0 Å². The summed E-state index contributed by atoms with van der Waals surface area (Å²) < 4.78 is 29.1. The average molecular weight is 193 g/mol. The minimum atomic E-state index is -3.02. The number of rotatable bonds is 2. The van der Waals surface area contributed by atoms with Crippen LogP contribution in [0.2, 0.25) is 0 Å². The highest BCUT2D eigenvalue weighted by molar-refractivity contribution is 7.88. The molecule has 0 radical (unpaired) electrons. The summed E-state index contributed by atoms with van der Waals surface area (Å²) in [7, 11) is -3.02. The summed E-state index contributed by atoms with van der Waals surface area (Å²) in [5, 5.41) is 0. The summed E-state index contributed by atoms with van der Waals surface area (Å²) in [6.45, 7) is 3.52. The van der Waals surface area contributed by atoms with Crippen molar-refractivity contribution >= 4 is 10.0 Å². The lowest BCUT2D eigenvalue weighted by Gasteiger charge is -2.30. The Hall–Kier alpha value is -0.130. The molecule has 1 atom stereocenters. The summed E-state index contributed by atoms with van der Waals surface area (Å²) in [6, 6.07) is 0. The molecule has 0 aromatic heterocycles. The Bertz CT molecular complexity index is 237. The Morgan fingerprint density at radius 2 is 2.25 bits per heavy atom. The molecule has 72 valence electrons. The van der Waals surface area contributed by atoms with Crippen molar-refractivity contribution in [2.45, 2.75) is 19.4 Å². The van der Waals surface area contributed by atoms with Gasteiger partial charge in [0.25, 0.3) is 0 Å². The van der Waals surface area contributed by atoms with Crippen LogP contribution in [0.25, 0.3) is 0 Å². The second-order valence-electron chi connectivity index (χ2n) is 3.02. The van der Waals surface area contributed by atoms with E-state index in [1.165, 1.54) is 10.6 Å². The van der Waals surface area contributed by atoms with E-state index in [2.05, 4.69) is 0 Å². The second kappa shape index (κ2) is 3.72. The third kappa shape index (κ3) is 2.43. The maximum absolute atomic E-state index is 11.1. The molecule has 5 heteroatoms. The molecule has 1 saturated heterocycles. The van der Waals surface area contributed by atoms with Gasteiger partial charge in [-0.3, -0.25) is 0 Å². The fraction of sp³-hybridized carbons (Fsp3) is 1.00. The highest BCUT2D eigenvalue weighted by Gasteiger charge is 2.24. The maximum atomic E-state index is 11.1. The third-order valence-corrected chi connectivity index (χ3v) is 3.30. The van der Waals surface area contributed by atoms with Gasteiger partial charge in [0.05, 0.1) is 19.0 Å². The van der Waals surface area contributed by atoms with Crippen LogP contribution >= 0.6 is 0 Å². The molecule has 0 saturated carbocycles. The van der Waals surface area contributed by atoms with Gasteiger partial charge < -0.3 is 4.74 Å². The molecule has 0 bridgehead atoms. The zero-order valence-corrected chi connectivity index (χ0v) is 8.30. The zero-order valence-electron chi connectivity index (χ0n) is 7.49. The maximum Gasteiger partial charge on any atom is 0.211 e. The molecule has 0 aliphatic carbocycles. The van der Waals surface area contributed by atoms with Gasteiger partial charge in [0.15, 0.2) is 0 Å². The standard InChI is InChI=1S/C7H15NO3S/c1-3-7-6-8(4-5-11-7)12(2,9)10/h7H,3-6H2,1-2H3. The monoisotopic (exact) mass is 193 g/mol. The molecular formula is C7H15NO3S. The van der Waals surface area contributed by atoms with Gasteiger partial charge in [-0.05, 0) is 6.42 Å². The molecule has 1 unspecified atom stereocenters. The first-order chi connectivity index (χ1) is 5.54. The van der Waals surface area contributed by atoms with Gasteiger partial charge in [-0.2, -0.15) is 4.31 Å². The Morgan fingerprint density at radius 3 is 2.75 bits per heavy atom. The molecule has 0 N–H and O–H groups in total. The lowest BCUT2D eigenvalue weighted by atomic mass is 10.2. The van der Waals surface area contributed by atoms with E-state index >= 15 is 0 Å². The summed E-state index contributed by atoms with van der Waals surface area (Å²) in [4.78, 5) is 0. The predicted octanol–water partition coefficient (Wildman–Crippen LogP) is 0.0568. The number of nitrogens with zero attached hydrogens (tertiary/aromatic N) is 1. The van der Waals surface area contributed by atoms with Crippen LogP contribution < -0.4 is 0 Å². The van der Waals surface area contributed by atoms with Crippen LogP contribution in [0.3, 0.4) is 0 Å². The Labute approximate surface area is 73.6 Å². The first kappa shape index (κ1) is 9.95. The largest absolute Gasteiger partial charge is 0.375 e. The number of hydrogen-bond donors (Lipinski definition) is 0. The highest BCUT2D eigenvalue weighted by Crippen LogP contribution is 2.10. The molecule has 1 heterocycles. The first-order valence-corrected chi connectivity index (χ1v) is 5.95. The van der Waals surface area contributed by atoms with Crippen LogP contribution in [-0.4, -0.2) is 44.8 Å². The smallest absolute Gasteiger partial charge is 0.211 e. The molecule has 0 spiro atoms. The summed E-state index contributed by atoms with van der Waals surface area (Å²) in [6.07, 6.45) is 2.19. The average Bonchev–Trinajstić information content (AvgIpc) is 2.03. The Balaban J connectivity index is 2.58. The SMILES string of the molecule is CCC1CN(S(C)(=O)=O)CCO1. The predicted molar refractivity (Wildman–Crippen MR) is 46.4 cm³/mol. The first-order valence-electron chi connectivity index (χ1n) is 4.10. The van der Waals surface area contributed by atoms with Crippen LogP contribution in [0, 0.1) is 0 Å². The Kier molecular flexibility index (Phi) is 3.09. The normalized spacial score (nSPS) is 27.3. The van der Waals surface area contributed by atoms with Crippen molar-refractivity contribution in [3.8, 4) is 0 Å². The quantitative estimate of drug-likeness (QED) is 0.623. The van der Waals surface area contributed by atoms with Gasteiger partial charge in [-0.25, -0.2) is 8.42 Å². The van der Waals surface area contributed by atoms with Crippen molar-refractivity contribution in [2.75, 3.05) is 26.0 Å². The molecule has 0 aromatic rings. The number of sulfonamides is 1. The van der Waals surface area contributed by atoms with Gasteiger partial charge in [0.1, 0.15) is 0 Å². The third-order valence-electron chi connectivity index (χ3n) is 2.03. The van der Waals surface area contributed by atoms with Gasteiger partial charge in [-0.1, -0.05) is 6.92 Å². The van der Waals surface area contributed by atoms with Crippen LogP contribution in [0.15, 0.2) is 0 Å². The number of ether oxygens (including phenoxy) is 1. The number of hydrogen-bond acceptors (Lipinski definition) is 3. The zero-order chi connectivity index (χ0) is 9.19. The fourth-order valence-corrected chi connectivity index (χ4v) is 2.08. The molecule has 1 aliphatic heterocycles. The molecule has 1 rings (SSSR count). The highest BCUT2D eigenvalue weighted by atomic mass is 32.2. The molecule has 1 aliphatic rings. The van der Waals surface area contributed by atoms with Crippen molar-refractivity contribution in [2.24, 2.45) is 0 Å². The van der Waals surface area contributed by atoms with E-state index in [1.807, 2.05) is 6.92 Å². The summed E-state index contributed by atoms with van der Waals surface area (Å²) >= 11 is 0. The molecule has 1 fully saturated rings. The van der Waals surface area contributed by atoms with E-state index in [9.17, 15) is 8.42 Å². The lowest BCUT2D eigenvalue weighted by molar-refractivity contribution is -0.00257. The topological polar surface area (TPSA) is 46.6 Å². The van der Waals surface area contributed by atoms with Crippen molar-refractivity contribution in [3.05, 3.63) is 0 Å². The van der Waals surface area contributed by atoms with E-state index in [-0.39, 0.29) is 6.10 Å². The van der Waals surface area contributed by atoms with Crippen LogP contribution in [0.1, 0.15) is 13.3 Å². The lowest BCUT2D eigenvalue weighted by Crippen LogP contribution is -2.44. The molecular weight excluding hydrogens is 178 g/mol. The van der Waals surface area contributed by atoms with Crippen LogP contribution in [-0.2, 0) is 14.8 Å². The fourth-order valence-electron chi connectivity index (χ4n) is 1.24. The van der Waals surface area contributed by atoms with E-state index < -0.39 is 10.0 Å². The van der Waals surface area contributed by atoms with Gasteiger partial charge >= 0.3 is 0 Å². The van der Waals surface area contributed by atoms with Crippen molar-refractivity contribution in [1.82, 2.24) is 4.31 Å². The van der Waals surface area contributed by atoms with Crippen LogP contribution in [0.4, 0.5) is 0 Å². The van der Waals surface area contributed by atoms with E-state index in [0.29, 0.717) is 19.7 Å². The minimum absolute atomic E-state index is 0.0773. The van der Waals surface area contributed by atoms with Crippen molar-refractivity contribution in [1.29, 1.82) is 0 Å². The summed E-state index contributed by atoms with van der Waals surface area (Å²) in [5.74, 6) is 0. The van der Waals surface area contributed by atoms with Crippen molar-refractivity contribution < 1.29 is 13.2 Å². The van der Waals surface area contributed by atoms with Gasteiger partial charge in [-0.15, -0.1) is 0 Å². The van der Waals surface area contributed by atoms with Crippen LogP contribution in [0.5, 0.6) is 0 Å². The molecule has 0 amide bonds. The summed E-state index contributed by atoms with van der Waals surface area (Å²) in [5.41, 5.74) is 0. The van der Waals surface area contributed by atoms with E-state index in [0.717, 1.165) is 6.42 Å². The van der Waals surface area contributed by atoms with E-state index in [4.69, 9.17) is 4.74 Å². The second-order valence-corrected chi connectivity index (χ2v) is 5.00. The minimum Gasteiger partial charge on any atom is -0.375 e.